The third kappa shape index (κ3) is 1.47. The van der Waals surface area contributed by atoms with Crippen LogP contribution in [0, 0.1) is 6.92 Å². The molecule has 1 aromatic carbocycles. The van der Waals surface area contributed by atoms with Crippen LogP contribution in [0.3, 0.4) is 0 Å². The quantitative estimate of drug-likeness (QED) is 0.705. The van der Waals surface area contributed by atoms with E-state index in [1.165, 1.54) is 0 Å². The Bertz CT molecular complexity index is 306. The second kappa shape index (κ2) is 3.26. The van der Waals surface area contributed by atoms with Gasteiger partial charge in [0.15, 0.2) is 11.5 Å². The Morgan fingerprint density at radius 3 is 2.85 bits per heavy atom. The van der Waals surface area contributed by atoms with E-state index in [2.05, 4.69) is 0 Å². The minimum Gasteiger partial charge on any atom is -0.486 e. The van der Waals surface area contributed by atoms with Crippen LogP contribution in [-0.2, 0) is 6.54 Å². The monoisotopic (exact) mass is 179 g/mol. The van der Waals surface area contributed by atoms with E-state index in [-0.39, 0.29) is 0 Å². The first-order chi connectivity index (χ1) is 6.31. The van der Waals surface area contributed by atoms with Crippen molar-refractivity contribution in [3.05, 3.63) is 23.3 Å². The van der Waals surface area contributed by atoms with Crippen molar-refractivity contribution in [2.75, 3.05) is 13.2 Å². The van der Waals surface area contributed by atoms with E-state index in [0.29, 0.717) is 19.8 Å². The van der Waals surface area contributed by atoms with Crippen LogP contribution in [0.4, 0.5) is 0 Å². The Labute approximate surface area is 77.5 Å². The zero-order valence-corrected chi connectivity index (χ0v) is 7.67. The van der Waals surface area contributed by atoms with E-state index in [4.69, 9.17) is 15.2 Å². The summed E-state index contributed by atoms with van der Waals surface area (Å²) in [5, 5.41) is 0. The molecule has 0 unspecified atom stereocenters. The Morgan fingerprint density at radius 1 is 1.31 bits per heavy atom. The van der Waals surface area contributed by atoms with Crippen LogP contribution >= 0.6 is 0 Å². The summed E-state index contributed by atoms with van der Waals surface area (Å²) in [5.74, 6) is 1.64. The SMILES string of the molecule is Cc1cc(CN)c2c(c1)OCCO2. The zero-order chi connectivity index (χ0) is 9.26. The first-order valence-corrected chi connectivity index (χ1v) is 4.40. The van der Waals surface area contributed by atoms with Gasteiger partial charge >= 0.3 is 0 Å². The molecule has 1 aromatic rings. The van der Waals surface area contributed by atoms with Crippen LogP contribution in [0.2, 0.25) is 0 Å². The molecule has 1 heterocycles. The maximum absolute atomic E-state index is 5.61. The van der Waals surface area contributed by atoms with Crippen molar-refractivity contribution in [1.29, 1.82) is 0 Å². The average molecular weight is 179 g/mol. The Morgan fingerprint density at radius 2 is 2.08 bits per heavy atom. The van der Waals surface area contributed by atoms with Crippen molar-refractivity contribution in [2.45, 2.75) is 13.5 Å². The molecule has 1 aliphatic rings. The van der Waals surface area contributed by atoms with E-state index < -0.39 is 0 Å². The number of fused-ring (bicyclic) bond motifs is 1. The van der Waals surface area contributed by atoms with Crippen LogP contribution in [-0.4, -0.2) is 13.2 Å². The summed E-state index contributed by atoms with van der Waals surface area (Å²) in [4.78, 5) is 0. The Kier molecular flexibility index (Phi) is 2.10. The van der Waals surface area contributed by atoms with Crippen molar-refractivity contribution < 1.29 is 9.47 Å². The number of rotatable bonds is 1. The normalized spacial score (nSPS) is 14.3. The predicted octanol–water partition coefficient (Wildman–Crippen LogP) is 1.22. The van der Waals surface area contributed by atoms with Gasteiger partial charge < -0.3 is 15.2 Å². The fraction of sp³-hybridized carbons (Fsp3) is 0.400. The Balaban J connectivity index is 2.50. The van der Waals surface area contributed by atoms with E-state index in [0.717, 1.165) is 22.6 Å². The summed E-state index contributed by atoms with van der Waals surface area (Å²) in [5.41, 5.74) is 7.79. The zero-order valence-electron chi connectivity index (χ0n) is 7.67. The van der Waals surface area contributed by atoms with Gasteiger partial charge in [-0.2, -0.15) is 0 Å². The maximum atomic E-state index is 5.61. The molecule has 2 N–H and O–H groups in total. The first-order valence-electron chi connectivity index (χ1n) is 4.40. The van der Waals surface area contributed by atoms with Crippen molar-refractivity contribution in [3.8, 4) is 11.5 Å². The van der Waals surface area contributed by atoms with E-state index in [9.17, 15) is 0 Å². The van der Waals surface area contributed by atoms with Crippen LogP contribution < -0.4 is 15.2 Å². The highest BCUT2D eigenvalue weighted by Gasteiger charge is 2.15. The number of hydrogen-bond donors (Lipinski definition) is 1. The van der Waals surface area contributed by atoms with Crippen LogP contribution in [0.25, 0.3) is 0 Å². The molecule has 0 amide bonds. The van der Waals surface area contributed by atoms with Gasteiger partial charge in [-0.3, -0.25) is 0 Å². The lowest BCUT2D eigenvalue weighted by atomic mass is 10.1. The maximum Gasteiger partial charge on any atom is 0.165 e. The molecule has 1 aliphatic heterocycles. The highest BCUT2D eigenvalue weighted by atomic mass is 16.6. The summed E-state index contributed by atoms with van der Waals surface area (Å²) < 4.78 is 11.0. The Hall–Kier alpha value is -1.22. The van der Waals surface area contributed by atoms with Crippen molar-refractivity contribution in [1.82, 2.24) is 0 Å². The van der Waals surface area contributed by atoms with Gasteiger partial charge in [0.05, 0.1) is 0 Å². The molecular formula is C10H13NO2. The van der Waals surface area contributed by atoms with E-state index >= 15 is 0 Å². The van der Waals surface area contributed by atoms with Gasteiger partial charge in [-0.1, -0.05) is 6.07 Å². The second-order valence-corrected chi connectivity index (χ2v) is 3.15. The molecule has 70 valence electrons. The summed E-state index contributed by atoms with van der Waals surface area (Å²) >= 11 is 0. The molecule has 0 aromatic heterocycles. The van der Waals surface area contributed by atoms with Gasteiger partial charge in [0.25, 0.3) is 0 Å². The van der Waals surface area contributed by atoms with Crippen LogP contribution in [0.5, 0.6) is 11.5 Å². The lowest BCUT2D eigenvalue weighted by Gasteiger charge is -2.21. The number of ether oxygens (including phenoxy) is 2. The molecule has 0 radical (unpaired) electrons. The number of aryl methyl sites for hydroxylation is 1. The lowest BCUT2D eigenvalue weighted by molar-refractivity contribution is 0.170. The summed E-state index contributed by atoms with van der Waals surface area (Å²) in [6.07, 6.45) is 0. The van der Waals surface area contributed by atoms with Gasteiger partial charge in [-0.15, -0.1) is 0 Å². The molecule has 0 aliphatic carbocycles. The van der Waals surface area contributed by atoms with Gasteiger partial charge in [0.2, 0.25) is 0 Å². The fourth-order valence-corrected chi connectivity index (χ4v) is 1.53. The second-order valence-electron chi connectivity index (χ2n) is 3.15. The molecule has 0 bridgehead atoms. The topological polar surface area (TPSA) is 44.5 Å². The lowest BCUT2D eigenvalue weighted by Crippen LogP contribution is -2.17. The molecule has 3 heteroatoms. The molecule has 0 saturated heterocycles. The van der Waals surface area contributed by atoms with Gasteiger partial charge in [-0.25, -0.2) is 0 Å². The fourth-order valence-electron chi connectivity index (χ4n) is 1.53. The molecule has 0 atom stereocenters. The minimum absolute atomic E-state index is 0.493. The molecule has 3 nitrogen and oxygen atoms in total. The van der Waals surface area contributed by atoms with Gasteiger partial charge in [0.1, 0.15) is 13.2 Å². The molecule has 0 fully saturated rings. The highest BCUT2D eigenvalue weighted by molar-refractivity contribution is 5.49. The standard InChI is InChI=1S/C10H13NO2/c1-7-4-8(6-11)10-9(5-7)12-2-3-13-10/h4-5H,2-3,6,11H2,1H3. The average Bonchev–Trinajstić information content (AvgIpc) is 2.16. The molecule has 13 heavy (non-hydrogen) atoms. The van der Waals surface area contributed by atoms with Crippen molar-refractivity contribution in [3.63, 3.8) is 0 Å². The van der Waals surface area contributed by atoms with Crippen molar-refractivity contribution in [2.24, 2.45) is 5.73 Å². The highest BCUT2D eigenvalue weighted by Crippen LogP contribution is 2.34. The summed E-state index contributed by atoms with van der Waals surface area (Å²) in [7, 11) is 0. The van der Waals surface area contributed by atoms with Crippen LogP contribution in [0.15, 0.2) is 12.1 Å². The van der Waals surface area contributed by atoms with E-state index in [1.54, 1.807) is 0 Å². The molecule has 0 saturated carbocycles. The number of hydrogen-bond acceptors (Lipinski definition) is 3. The molecule has 0 spiro atoms. The van der Waals surface area contributed by atoms with Crippen molar-refractivity contribution >= 4 is 0 Å². The van der Waals surface area contributed by atoms with Gasteiger partial charge in [-0.05, 0) is 18.6 Å². The summed E-state index contributed by atoms with van der Waals surface area (Å²) in [6, 6.07) is 4.02. The van der Waals surface area contributed by atoms with Gasteiger partial charge in [0, 0.05) is 12.1 Å². The third-order valence-electron chi connectivity index (χ3n) is 2.08. The molecule has 2 rings (SSSR count). The molecular weight excluding hydrogens is 166 g/mol. The third-order valence-corrected chi connectivity index (χ3v) is 2.08. The van der Waals surface area contributed by atoms with E-state index in [1.807, 2.05) is 19.1 Å². The number of nitrogens with two attached hydrogens (primary N) is 1. The number of benzene rings is 1. The van der Waals surface area contributed by atoms with Crippen LogP contribution in [0.1, 0.15) is 11.1 Å². The minimum atomic E-state index is 0.493. The predicted molar refractivity (Wildman–Crippen MR) is 50.1 cm³/mol. The smallest absolute Gasteiger partial charge is 0.165 e. The summed E-state index contributed by atoms with van der Waals surface area (Å²) in [6.45, 7) is 3.76. The first kappa shape index (κ1) is 8.38. The largest absolute Gasteiger partial charge is 0.486 e.